The zero-order valence-corrected chi connectivity index (χ0v) is 10.8. The molecule has 7 nitrogen and oxygen atoms in total. The number of alkyl carbamates (subject to hydrolysis) is 1. The molecule has 0 heterocycles. The molecule has 1 amide bonds. The number of nitrogens with two attached hydrogens (primary N) is 1. The van der Waals surface area contributed by atoms with Crippen LogP contribution in [0.3, 0.4) is 0 Å². The number of aliphatic carboxylic acids is 1. The molecule has 0 aromatic carbocycles. The summed E-state index contributed by atoms with van der Waals surface area (Å²) < 4.78 is 4.92. The Morgan fingerprint density at radius 2 is 2.00 bits per heavy atom. The van der Waals surface area contributed by atoms with Crippen LogP contribution in [0.25, 0.3) is 0 Å². The van der Waals surface area contributed by atoms with Gasteiger partial charge in [-0.05, 0) is 33.0 Å². The van der Waals surface area contributed by atoms with E-state index in [1.165, 1.54) is 0 Å². The highest BCUT2D eigenvalue weighted by Gasteiger charge is 2.23. The summed E-state index contributed by atoms with van der Waals surface area (Å²) in [7, 11) is 0. The summed E-state index contributed by atoms with van der Waals surface area (Å²) in [5.41, 5.74) is 4.47. The minimum atomic E-state index is -1.21. The highest BCUT2D eigenvalue weighted by Crippen LogP contribution is 2.06. The van der Waals surface area contributed by atoms with E-state index >= 15 is 0 Å². The number of carboxylic acids is 1. The van der Waals surface area contributed by atoms with Crippen LogP contribution in [0.4, 0.5) is 4.79 Å². The Morgan fingerprint density at radius 3 is 2.35 bits per heavy atom. The molecular weight excluding hydrogens is 246 g/mol. The largest absolute Gasteiger partial charge is 0.480 e. The molecule has 0 spiro atoms. The van der Waals surface area contributed by atoms with Gasteiger partial charge in [0.2, 0.25) is 0 Å². The van der Waals surface area contributed by atoms with Gasteiger partial charge in [0.1, 0.15) is 11.6 Å². The fourth-order valence-corrected chi connectivity index (χ4v) is 0.936. The quantitative estimate of drug-likeness (QED) is 0.519. The van der Waals surface area contributed by atoms with Crippen molar-refractivity contribution < 1.29 is 19.4 Å². The van der Waals surface area contributed by atoms with E-state index in [1.54, 1.807) is 20.8 Å². The molecule has 0 fully saturated rings. The maximum atomic E-state index is 11.3. The Labute approximate surface area is 105 Å². The molecule has 5 N–H and O–H groups in total. The molecule has 17 heavy (non-hydrogen) atoms. The van der Waals surface area contributed by atoms with Gasteiger partial charge >= 0.3 is 12.1 Å². The fourth-order valence-electron chi connectivity index (χ4n) is 0.853. The second kappa shape index (κ2) is 6.24. The first-order valence-corrected chi connectivity index (χ1v) is 5.28. The lowest BCUT2D eigenvalue weighted by atomic mass is 10.2. The second-order valence-electron chi connectivity index (χ2n) is 4.28. The molecule has 0 aromatic heterocycles. The highest BCUT2D eigenvalue weighted by molar-refractivity contribution is 7.80. The van der Waals surface area contributed by atoms with Gasteiger partial charge in [-0.25, -0.2) is 9.59 Å². The molecule has 0 bridgehead atoms. The maximum Gasteiger partial charge on any atom is 0.408 e. The third-order valence-corrected chi connectivity index (χ3v) is 1.61. The van der Waals surface area contributed by atoms with Gasteiger partial charge in [-0.3, -0.25) is 0 Å². The van der Waals surface area contributed by atoms with Crippen LogP contribution in [0, 0.1) is 0 Å². The van der Waals surface area contributed by atoms with E-state index in [9.17, 15) is 9.59 Å². The minimum absolute atomic E-state index is 0.0396. The summed E-state index contributed by atoms with van der Waals surface area (Å²) >= 11 is 4.53. The van der Waals surface area contributed by atoms with E-state index in [0.717, 1.165) is 0 Å². The number of carboxylic acid groups (broad SMARTS) is 1. The Balaban J connectivity index is 4.30. The number of hydrogen-bond donors (Lipinski definition) is 4. The molecule has 1 unspecified atom stereocenters. The van der Waals surface area contributed by atoms with E-state index < -0.39 is 23.7 Å². The van der Waals surface area contributed by atoms with Crippen LogP contribution in [-0.2, 0) is 9.53 Å². The monoisotopic (exact) mass is 263 g/mol. The smallest absolute Gasteiger partial charge is 0.408 e. The first kappa shape index (κ1) is 15.4. The number of carbonyl (C=O) groups excluding carboxylic acids is 1. The number of carbonyl (C=O) groups is 2. The van der Waals surface area contributed by atoms with Gasteiger partial charge in [-0.1, -0.05) is 0 Å². The van der Waals surface area contributed by atoms with Crippen LogP contribution >= 0.6 is 12.2 Å². The van der Waals surface area contributed by atoms with Gasteiger partial charge in [0.15, 0.2) is 5.11 Å². The van der Waals surface area contributed by atoms with Crippen molar-refractivity contribution in [1.82, 2.24) is 10.6 Å². The van der Waals surface area contributed by atoms with Gasteiger partial charge in [-0.2, -0.15) is 0 Å². The van der Waals surface area contributed by atoms with Crippen LogP contribution in [0.1, 0.15) is 20.8 Å². The summed E-state index contributed by atoms with van der Waals surface area (Å²) in [6.45, 7) is 4.92. The molecule has 0 saturated heterocycles. The van der Waals surface area contributed by atoms with Gasteiger partial charge in [0.25, 0.3) is 0 Å². The van der Waals surface area contributed by atoms with Gasteiger partial charge in [0, 0.05) is 6.54 Å². The molecule has 0 aromatic rings. The first-order chi connectivity index (χ1) is 7.61. The summed E-state index contributed by atoms with van der Waals surface area (Å²) in [4.78, 5) is 22.1. The van der Waals surface area contributed by atoms with Crippen LogP contribution < -0.4 is 16.4 Å². The summed E-state index contributed by atoms with van der Waals surface area (Å²) in [5, 5.41) is 13.4. The van der Waals surface area contributed by atoms with Crippen molar-refractivity contribution in [1.29, 1.82) is 0 Å². The molecule has 0 radical (unpaired) electrons. The molecule has 0 rings (SSSR count). The number of rotatable bonds is 4. The van der Waals surface area contributed by atoms with Crippen molar-refractivity contribution in [2.24, 2.45) is 5.73 Å². The van der Waals surface area contributed by atoms with Crippen molar-refractivity contribution in [3.05, 3.63) is 0 Å². The van der Waals surface area contributed by atoms with Crippen molar-refractivity contribution in [2.45, 2.75) is 32.4 Å². The molecule has 8 heteroatoms. The van der Waals surface area contributed by atoms with Crippen LogP contribution in [0.15, 0.2) is 0 Å². The van der Waals surface area contributed by atoms with Crippen molar-refractivity contribution in [2.75, 3.05) is 6.54 Å². The van der Waals surface area contributed by atoms with Crippen molar-refractivity contribution >= 4 is 29.4 Å². The average Bonchev–Trinajstić information content (AvgIpc) is 2.08. The van der Waals surface area contributed by atoms with E-state index in [-0.39, 0.29) is 11.7 Å². The van der Waals surface area contributed by atoms with Crippen LogP contribution in [0.2, 0.25) is 0 Å². The third-order valence-electron chi connectivity index (χ3n) is 1.47. The summed E-state index contributed by atoms with van der Waals surface area (Å²) in [5.74, 6) is -1.21. The first-order valence-electron chi connectivity index (χ1n) is 4.87. The Morgan fingerprint density at radius 1 is 1.47 bits per heavy atom. The zero-order chi connectivity index (χ0) is 13.6. The molecule has 0 aliphatic carbocycles. The Hall–Kier alpha value is -1.57. The van der Waals surface area contributed by atoms with E-state index in [4.69, 9.17) is 15.6 Å². The third kappa shape index (κ3) is 8.26. The number of ether oxygens (including phenoxy) is 1. The number of hydrogen-bond acceptors (Lipinski definition) is 4. The minimum Gasteiger partial charge on any atom is -0.480 e. The molecular formula is C9H17N3O4S. The maximum absolute atomic E-state index is 11.3. The van der Waals surface area contributed by atoms with E-state index in [2.05, 4.69) is 22.9 Å². The number of nitrogens with one attached hydrogen (secondary N) is 2. The lowest BCUT2D eigenvalue weighted by molar-refractivity contribution is -0.139. The van der Waals surface area contributed by atoms with Crippen LogP contribution in [-0.4, -0.2) is 40.5 Å². The van der Waals surface area contributed by atoms with E-state index in [1.807, 2.05) is 0 Å². The topological polar surface area (TPSA) is 114 Å². The van der Waals surface area contributed by atoms with Gasteiger partial charge < -0.3 is 26.2 Å². The van der Waals surface area contributed by atoms with Crippen LogP contribution in [0.5, 0.6) is 0 Å². The lowest BCUT2D eigenvalue weighted by Crippen LogP contribution is -2.50. The molecule has 1 atom stereocenters. The van der Waals surface area contributed by atoms with Gasteiger partial charge in [0.05, 0.1) is 0 Å². The molecule has 0 saturated carbocycles. The average molecular weight is 263 g/mol. The standard InChI is InChI=1S/C9H17N3O4S/c1-9(2,3)16-8(15)12-5(6(13)14)4-11-7(10)17/h5H,4H2,1-3H3,(H,12,15)(H,13,14)(H3,10,11,17). The van der Waals surface area contributed by atoms with Crippen molar-refractivity contribution in [3.63, 3.8) is 0 Å². The van der Waals surface area contributed by atoms with E-state index in [0.29, 0.717) is 0 Å². The SMILES string of the molecule is CC(C)(C)OC(=O)NC(CNC(N)=S)C(=O)O. The number of thiocarbonyl (C=S) groups is 1. The molecule has 0 aliphatic heterocycles. The summed E-state index contributed by atoms with van der Waals surface area (Å²) in [6, 6.07) is -1.16. The Bertz CT molecular complexity index is 314. The number of amides is 1. The Kier molecular flexibility index (Phi) is 5.66. The molecule has 98 valence electrons. The zero-order valence-electron chi connectivity index (χ0n) is 9.94. The second-order valence-corrected chi connectivity index (χ2v) is 4.72. The lowest BCUT2D eigenvalue weighted by Gasteiger charge is -2.22. The molecule has 0 aliphatic rings. The fraction of sp³-hybridized carbons (Fsp3) is 0.667. The summed E-state index contributed by atoms with van der Waals surface area (Å²) in [6.07, 6.45) is -0.811. The van der Waals surface area contributed by atoms with Gasteiger partial charge in [-0.15, -0.1) is 0 Å². The predicted molar refractivity (Wildman–Crippen MR) is 65.6 cm³/mol. The normalized spacial score (nSPS) is 12.4. The predicted octanol–water partition coefficient (Wildman–Crippen LogP) is -0.202. The van der Waals surface area contributed by atoms with Crippen molar-refractivity contribution in [3.8, 4) is 0 Å². The highest BCUT2D eigenvalue weighted by atomic mass is 32.1.